The molecule has 8 nitrogen and oxygen atoms in total. The summed E-state index contributed by atoms with van der Waals surface area (Å²) in [7, 11) is 0. The van der Waals surface area contributed by atoms with Gasteiger partial charge < -0.3 is 4.74 Å². The highest BCUT2D eigenvalue weighted by Gasteiger charge is 2.34. The summed E-state index contributed by atoms with van der Waals surface area (Å²) >= 11 is 0. The number of nitrogens with zero attached hydrogens (tertiary/aromatic N) is 5. The Hall–Kier alpha value is -2.35. The Kier molecular flexibility index (Phi) is 10.9. The zero-order chi connectivity index (χ0) is 29.6. The molecule has 0 unspecified atom stereocenters. The minimum absolute atomic E-state index is 0.164. The summed E-state index contributed by atoms with van der Waals surface area (Å²) in [5, 5.41) is 11.6. The van der Waals surface area contributed by atoms with Crippen molar-refractivity contribution >= 4 is 6.09 Å². The maximum Gasteiger partial charge on any atom is 0.425 e. The molecule has 1 amide bonds. The zero-order valence-corrected chi connectivity index (χ0v) is 26.9. The molecule has 0 aliphatic heterocycles. The van der Waals surface area contributed by atoms with Crippen LogP contribution < -0.4 is 5.43 Å². The van der Waals surface area contributed by atoms with Crippen LogP contribution in [0.2, 0.25) is 0 Å². The molecule has 0 bridgehead atoms. The number of nitrogens with one attached hydrogen (secondary N) is 1. The van der Waals surface area contributed by atoms with E-state index in [4.69, 9.17) is 14.9 Å². The van der Waals surface area contributed by atoms with E-state index >= 15 is 0 Å². The van der Waals surface area contributed by atoms with Gasteiger partial charge in [0.05, 0.1) is 17.4 Å². The normalized spacial score (nSPS) is 23.5. The predicted molar refractivity (Wildman–Crippen MR) is 165 cm³/mol. The van der Waals surface area contributed by atoms with Crippen LogP contribution >= 0.6 is 0 Å². The van der Waals surface area contributed by atoms with Crippen LogP contribution in [0, 0.1) is 11.8 Å². The highest BCUT2D eigenvalue weighted by Crippen LogP contribution is 2.31. The molecule has 2 aliphatic rings. The highest BCUT2D eigenvalue weighted by molar-refractivity contribution is 5.68. The van der Waals surface area contributed by atoms with Gasteiger partial charge in [-0.2, -0.15) is 10.2 Å². The Morgan fingerprint density at radius 1 is 0.805 bits per heavy atom. The van der Waals surface area contributed by atoms with Gasteiger partial charge in [0.2, 0.25) is 0 Å². The Balaban J connectivity index is 1.34. The predicted octanol–water partition coefficient (Wildman–Crippen LogP) is 6.89. The zero-order valence-electron chi connectivity index (χ0n) is 26.9. The molecule has 0 radical (unpaired) electrons. The van der Waals surface area contributed by atoms with Gasteiger partial charge in [-0.05, 0) is 122 Å². The molecule has 8 heteroatoms. The van der Waals surface area contributed by atoms with E-state index in [0.717, 1.165) is 90.1 Å². The molecule has 230 valence electrons. The first kappa shape index (κ1) is 31.6. The Bertz CT molecular complexity index is 1100. The molecule has 41 heavy (non-hydrogen) atoms. The van der Waals surface area contributed by atoms with E-state index in [0.29, 0.717) is 17.9 Å². The number of rotatable bonds is 11. The third-order valence-corrected chi connectivity index (χ3v) is 9.08. The number of carbonyl (C=O) groups excluding carboxylic acids is 1. The van der Waals surface area contributed by atoms with Gasteiger partial charge in [-0.1, -0.05) is 27.7 Å². The van der Waals surface area contributed by atoms with Crippen molar-refractivity contribution in [1.29, 1.82) is 0 Å². The van der Waals surface area contributed by atoms with Gasteiger partial charge in [0.1, 0.15) is 5.60 Å². The van der Waals surface area contributed by atoms with E-state index < -0.39 is 5.60 Å². The smallest absolute Gasteiger partial charge is 0.425 e. The quantitative estimate of drug-likeness (QED) is 0.299. The van der Waals surface area contributed by atoms with Crippen molar-refractivity contribution in [3.8, 4) is 0 Å². The van der Waals surface area contributed by atoms with Crippen LogP contribution in [0.15, 0.2) is 12.1 Å². The minimum Gasteiger partial charge on any atom is -0.443 e. The van der Waals surface area contributed by atoms with Crippen LogP contribution in [0.4, 0.5) is 4.79 Å². The minimum atomic E-state index is -0.516. The molecule has 4 rings (SSSR count). The molecule has 2 fully saturated rings. The van der Waals surface area contributed by atoms with E-state index in [1.54, 1.807) is 0 Å². The summed E-state index contributed by atoms with van der Waals surface area (Å²) < 4.78 is 10.4. The van der Waals surface area contributed by atoms with Crippen molar-refractivity contribution in [2.45, 2.75) is 156 Å². The van der Waals surface area contributed by atoms with E-state index in [-0.39, 0.29) is 12.1 Å². The fourth-order valence-corrected chi connectivity index (χ4v) is 6.62. The average Bonchev–Trinajstić information content (AvgIpc) is 3.55. The van der Waals surface area contributed by atoms with Gasteiger partial charge in [0.25, 0.3) is 0 Å². The monoisotopic (exact) mass is 568 g/mol. The first-order valence-electron chi connectivity index (χ1n) is 16.5. The molecule has 0 spiro atoms. The van der Waals surface area contributed by atoms with Crippen molar-refractivity contribution in [2.75, 3.05) is 0 Å². The topological polar surface area (TPSA) is 77.2 Å². The fraction of sp³-hybridized carbons (Fsp3) is 0.788. The third-order valence-electron chi connectivity index (χ3n) is 9.08. The number of hydrogen-bond acceptors (Lipinski definition) is 5. The number of amides is 1. The molecule has 1 N–H and O–H groups in total. The van der Waals surface area contributed by atoms with E-state index in [1.165, 1.54) is 22.8 Å². The van der Waals surface area contributed by atoms with Crippen LogP contribution in [0.5, 0.6) is 0 Å². The SMILES string of the molecule is CCc1cc(CC)n(CC2CCC(NN(C(=O)OC(C)(C)C)C3CCC(Cn4nc(CC)cc4CC)CC3)CC2)n1. The summed E-state index contributed by atoms with van der Waals surface area (Å²) in [4.78, 5) is 13.4. The standard InChI is InChI=1S/C33H56N6O2/c1-8-26-20-29(10-3)37(34-26)22-24-12-16-28(17-13-24)36-39(32(40)41-33(5,6)7)31-18-14-25(15-19-31)23-38-30(11-4)21-27(9-2)35-38/h20-21,24-25,28,31,36H,8-19,22-23H2,1-7H3. The Labute approximate surface area is 248 Å². The largest absolute Gasteiger partial charge is 0.443 e. The number of ether oxygens (including phenoxy) is 1. The highest BCUT2D eigenvalue weighted by atomic mass is 16.6. The van der Waals surface area contributed by atoms with Gasteiger partial charge >= 0.3 is 6.09 Å². The molecule has 2 aromatic rings. The molecule has 2 heterocycles. The molecule has 2 saturated carbocycles. The van der Waals surface area contributed by atoms with E-state index in [2.05, 4.69) is 54.6 Å². The lowest BCUT2D eigenvalue weighted by atomic mass is 9.85. The molecule has 2 aliphatic carbocycles. The second-order valence-electron chi connectivity index (χ2n) is 13.4. The maximum atomic E-state index is 13.4. The summed E-state index contributed by atoms with van der Waals surface area (Å²) in [5.74, 6) is 1.23. The van der Waals surface area contributed by atoms with Crippen LogP contribution in [0.1, 0.15) is 123 Å². The van der Waals surface area contributed by atoms with E-state index in [9.17, 15) is 4.79 Å². The van der Waals surface area contributed by atoms with Gasteiger partial charge in [-0.25, -0.2) is 15.2 Å². The maximum absolute atomic E-state index is 13.4. The number of hydrogen-bond donors (Lipinski definition) is 1. The lowest BCUT2D eigenvalue weighted by molar-refractivity contribution is -0.0142. The molecule has 0 aromatic carbocycles. The van der Waals surface area contributed by atoms with Gasteiger partial charge in [-0.3, -0.25) is 9.36 Å². The van der Waals surface area contributed by atoms with Gasteiger partial charge in [0.15, 0.2) is 0 Å². The molecule has 0 saturated heterocycles. The molecular formula is C33H56N6O2. The van der Waals surface area contributed by atoms with Crippen LogP contribution in [-0.2, 0) is 43.5 Å². The number of carbonyl (C=O) groups is 1. The average molecular weight is 569 g/mol. The molecule has 2 aromatic heterocycles. The van der Waals surface area contributed by atoms with Crippen LogP contribution in [-0.4, -0.2) is 48.3 Å². The number of aromatic nitrogens is 4. The number of aryl methyl sites for hydroxylation is 4. The van der Waals surface area contributed by atoms with Gasteiger partial charge in [0, 0.05) is 30.5 Å². The van der Waals surface area contributed by atoms with Crippen molar-refractivity contribution in [2.24, 2.45) is 11.8 Å². The summed E-state index contributed by atoms with van der Waals surface area (Å²) in [6, 6.07) is 4.99. The van der Waals surface area contributed by atoms with Gasteiger partial charge in [-0.15, -0.1) is 0 Å². The molecule has 0 atom stereocenters. The molecular weight excluding hydrogens is 512 g/mol. The Morgan fingerprint density at radius 2 is 1.27 bits per heavy atom. The lowest BCUT2D eigenvalue weighted by Gasteiger charge is -2.41. The fourth-order valence-electron chi connectivity index (χ4n) is 6.62. The second-order valence-corrected chi connectivity index (χ2v) is 13.4. The first-order valence-corrected chi connectivity index (χ1v) is 16.5. The summed E-state index contributed by atoms with van der Waals surface area (Å²) in [6.07, 6.45) is 12.4. The van der Waals surface area contributed by atoms with Crippen LogP contribution in [0.3, 0.4) is 0 Å². The van der Waals surface area contributed by atoms with Crippen molar-refractivity contribution < 1.29 is 9.53 Å². The third kappa shape index (κ3) is 8.59. The van der Waals surface area contributed by atoms with Crippen molar-refractivity contribution in [1.82, 2.24) is 30.0 Å². The van der Waals surface area contributed by atoms with Crippen LogP contribution in [0.25, 0.3) is 0 Å². The Morgan fingerprint density at radius 3 is 1.68 bits per heavy atom. The van der Waals surface area contributed by atoms with E-state index in [1.807, 2.05) is 25.8 Å². The lowest BCUT2D eigenvalue weighted by Crippen LogP contribution is -2.56. The van der Waals surface area contributed by atoms with Crippen molar-refractivity contribution in [3.05, 3.63) is 34.9 Å². The number of hydrazine groups is 1. The summed E-state index contributed by atoms with van der Waals surface area (Å²) in [6.45, 7) is 16.6. The second kappa shape index (κ2) is 14.2. The summed E-state index contributed by atoms with van der Waals surface area (Å²) in [5.41, 5.74) is 8.23. The van der Waals surface area contributed by atoms with Crippen molar-refractivity contribution in [3.63, 3.8) is 0 Å². The first-order chi connectivity index (χ1) is 19.6.